The summed E-state index contributed by atoms with van der Waals surface area (Å²) in [5.74, 6) is 0.992. The van der Waals surface area contributed by atoms with Crippen molar-refractivity contribution in [3.8, 4) is 5.88 Å². The van der Waals surface area contributed by atoms with E-state index in [4.69, 9.17) is 4.74 Å². The molecule has 11 heteroatoms. The molecule has 1 aliphatic heterocycles. The van der Waals surface area contributed by atoms with Crippen LogP contribution in [0, 0.1) is 6.92 Å². The van der Waals surface area contributed by atoms with E-state index in [1.54, 1.807) is 29.2 Å². The molecule has 0 aliphatic carbocycles. The maximum atomic E-state index is 13.2. The van der Waals surface area contributed by atoms with E-state index < -0.39 is 0 Å². The third kappa shape index (κ3) is 3.91. The monoisotopic (exact) mass is 447 g/mol. The molecule has 0 radical (unpaired) electrons. The molecule has 1 fully saturated rings. The van der Waals surface area contributed by atoms with Crippen molar-refractivity contribution < 1.29 is 9.53 Å². The Morgan fingerprint density at radius 3 is 2.55 bits per heavy atom. The van der Waals surface area contributed by atoms with Crippen LogP contribution in [0.25, 0.3) is 16.7 Å². The minimum atomic E-state index is -0.382. The Kier molecular flexibility index (Phi) is 5.25. The normalized spacial score (nSPS) is 18.6. The van der Waals surface area contributed by atoms with Gasteiger partial charge in [-0.1, -0.05) is 0 Å². The highest BCUT2D eigenvalue weighted by Crippen LogP contribution is 2.26. The average Bonchev–Trinajstić information content (AvgIpc) is 3.17. The number of carbonyl (C=O) groups excluding carboxylic acids is 1. The highest BCUT2D eigenvalue weighted by molar-refractivity contribution is 6.12. The molecule has 2 N–H and O–H groups in total. The molecule has 1 amide bonds. The summed E-state index contributed by atoms with van der Waals surface area (Å²) in [6, 6.07) is 0.626. The van der Waals surface area contributed by atoms with E-state index in [0.29, 0.717) is 46.0 Å². The number of fused-ring (bicyclic) bond motifs is 2. The number of aromatic nitrogens is 6. The Labute approximate surface area is 190 Å². The van der Waals surface area contributed by atoms with E-state index in [2.05, 4.69) is 54.3 Å². The number of hydrogen-bond acceptors (Lipinski definition) is 9. The predicted octanol–water partition coefficient (Wildman–Crippen LogP) is 1.82. The van der Waals surface area contributed by atoms with Crippen molar-refractivity contribution >= 4 is 34.2 Å². The van der Waals surface area contributed by atoms with Gasteiger partial charge in [0.2, 0.25) is 5.65 Å². The Morgan fingerprint density at radius 1 is 1.09 bits per heavy atom. The molecule has 4 aromatic heterocycles. The van der Waals surface area contributed by atoms with E-state index in [0.717, 1.165) is 24.6 Å². The summed E-state index contributed by atoms with van der Waals surface area (Å²) in [5.41, 5.74) is 2.80. The lowest BCUT2D eigenvalue weighted by atomic mass is 10.1. The van der Waals surface area contributed by atoms with E-state index in [-0.39, 0.29) is 5.91 Å². The number of nitrogens with zero attached hydrogens (tertiary/aromatic N) is 7. The highest BCUT2D eigenvalue weighted by atomic mass is 16.5. The first-order valence-corrected chi connectivity index (χ1v) is 10.8. The van der Waals surface area contributed by atoms with Crippen LogP contribution in [0.15, 0.2) is 31.0 Å². The van der Waals surface area contributed by atoms with Crippen LogP contribution < -0.4 is 20.3 Å². The number of aryl methyl sites for hydroxylation is 1. The number of piperazine rings is 1. The number of amides is 1. The van der Waals surface area contributed by atoms with Gasteiger partial charge in [-0.3, -0.25) is 14.2 Å². The summed E-state index contributed by atoms with van der Waals surface area (Å²) < 4.78 is 7.11. The zero-order chi connectivity index (χ0) is 23.1. The molecule has 5 heterocycles. The summed E-state index contributed by atoms with van der Waals surface area (Å²) in [7, 11) is 1.52. The van der Waals surface area contributed by atoms with Crippen LogP contribution in [0.3, 0.4) is 0 Å². The Bertz CT molecular complexity index is 1340. The molecule has 170 valence electrons. The molecule has 33 heavy (non-hydrogen) atoms. The third-order valence-corrected chi connectivity index (χ3v) is 5.55. The van der Waals surface area contributed by atoms with E-state index in [1.165, 1.54) is 7.11 Å². The van der Waals surface area contributed by atoms with Crippen molar-refractivity contribution in [1.82, 2.24) is 34.6 Å². The van der Waals surface area contributed by atoms with Gasteiger partial charge in [-0.2, -0.15) is 4.98 Å². The van der Waals surface area contributed by atoms with Crippen molar-refractivity contribution in [2.75, 3.05) is 30.4 Å². The van der Waals surface area contributed by atoms with Gasteiger partial charge < -0.3 is 20.3 Å². The van der Waals surface area contributed by atoms with Crippen molar-refractivity contribution in [2.24, 2.45) is 0 Å². The van der Waals surface area contributed by atoms with E-state index in [1.807, 2.05) is 13.1 Å². The molecule has 1 aliphatic rings. The largest absolute Gasteiger partial charge is 0.478 e. The highest BCUT2D eigenvalue weighted by Gasteiger charge is 2.26. The summed E-state index contributed by atoms with van der Waals surface area (Å²) in [6.45, 7) is 7.74. The van der Waals surface area contributed by atoms with Gasteiger partial charge in [-0.15, -0.1) is 0 Å². The number of hydrogen-bond donors (Lipinski definition) is 2. The van der Waals surface area contributed by atoms with Crippen LogP contribution in [0.5, 0.6) is 5.88 Å². The van der Waals surface area contributed by atoms with E-state index >= 15 is 0 Å². The lowest BCUT2D eigenvalue weighted by Crippen LogP contribution is -2.54. The fourth-order valence-corrected chi connectivity index (χ4v) is 4.32. The number of methoxy groups -OCH3 is 1. The second kappa shape index (κ2) is 8.24. The van der Waals surface area contributed by atoms with E-state index in [9.17, 15) is 4.79 Å². The summed E-state index contributed by atoms with van der Waals surface area (Å²) >= 11 is 0. The summed E-state index contributed by atoms with van der Waals surface area (Å²) in [5, 5.41) is 6.34. The van der Waals surface area contributed by atoms with Gasteiger partial charge in [0.1, 0.15) is 11.0 Å². The van der Waals surface area contributed by atoms with Gasteiger partial charge in [-0.05, 0) is 20.8 Å². The number of pyridine rings is 1. The molecule has 0 bridgehead atoms. The van der Waals surface area contributed by atoms with Crippen molar-refractivity contribution in [3.63, 3.8) is 0 Å². The zero-order valence-electron chi connectivity index (χ0n) is 18.9. The van der Waals surface area contributed by atoms with Gasteiger partial charge in [-0.25, -0.2) is 15.0 Å². The average molecular weight is 448 g/mol. The molecule has 0 unspecified atom stereocenters. The molecule has 0 spiro atoms. The van der Waals surface area contributed by atoms with Crippen LogP contribution in [0.4, 0.5) is 11.6 Å². The van der Waals surface area contributed by atoms with Crippen molar-refractivity contribution in [3.05, 3.63) is 42.2 Å². The van der Waals surface area contributed by atoms with Gasteiger partial charge in [0.15, 0.2) is 11.6 Å². The summed E-state index contributed by atoms with van der Waals surface area (Å²) in [6.07, 6.45) is 8.27. The topological polar surface area (TPSA) is 122 Å². The maximum absolute atomic E-state index is 13.2. The molecule has 11 nitrogen and oxygen atoms in total. The van der Waals surface area contributed by atoms with Crippen LogP contribution >= 0.6 is 0 Å². The van der Waals surface area contributed by atoms with Gasteiger partial charge in [0.25, 0.3) is 11.8 Å². The third-order valence-electron chi connectivity index (χ3n) is 5.55. The lowest BCUT2D eigenvalue weighted by molar-refractivity contribution is 0.102. The first-order valence-electron chi connectivity index (χ1n) is 10.8. The second-order valence-electron chi connectivity index (χ2n) is 8.33. The minimum absolute atomic E-state index is 0.313. The van der Waals surface area contributed by atoms with Crippen LogP contribution in [-0.2, 0) is 0 Å². The van der Waals surface area contributed by atoms with Crippen LogP contribution in [0.2, 0.25) is 0 Å². The molecular weight excluding hydrogens is 422 g/mol. The van der Waals surface area contributed by atoms with Crippen LogP contribution in [-0.4, -0.2) is 67.5 Å². The number of imidazole rings is 1. The molecule has 2 atom stereocenters. The van der Waals surface area contributed by atoms with Crippen molar-refractivity contribution in [2.45, 2.75) is 32.9 Å². The molecule has 0 saturated carbocycles. The molecule has 5 rings (SSSR count). The Hall–Kier alpha value is -3.86. The van der Waals surface area contributed by atoms with Crippen molar-refractivity contribution in [1.29, 1.82) is 0 Å². The summed E-state index contributed by atoms with van der Waals surface area (Å²) in [4.78, 5) is 37.8. The molecule has 1 saturated heterocycles. The Morgan fingerprint density at radius 2 is 1.82 bits per heavy atom. The van der Waals surface area contributed by atoms with Gasteiger partial charge in [0.05, 0.1) is 24.6 Å². The quantitative estimate of drug-likeness (QED) is 0.482. The fourth-order valence-electron chi connectivity index (χ4n) is 4.32. The number of carbonyl (C=O) groups is 1. The number of ether oxygens (including phenoxy) is 1. The standard InChI is InChI=1S/C22H25N9O2/c1-12-8-30(9-13(2)26-12)19-18-17(23-5-6-24-18)15(7-25-19)21(32)28-16-11-31-10-14(3)27-20(31)22(29-16)33-4/h5-7,10-13,26H,8-9H2,1-4H3,(H,28,32)/t12-,13-/m0/s1. The first-order chi connectivity index (χ1) is 15.9. The number of anilines is 2. The van der Waals surface area contributed by atoms with Gasteiger partial charge >= 0.3 is 0 Å². The SMILES string of the molecule is COc1nc(NC(=O)c2cnc(N3C[C@H](C)N[C@@H](C)C3)c3nccnc23)cn2cc(C)nc12. The maximum Gasteiger partial charge on any atom is 0.260 e. The molecule has 4 aromatic rings. The van der Waals surface area contributed by atoms with Gasteiger partial charge in [0, 0.05) is 50.0 Å². The lowest BCUT2D eigenvalue weighted by Gasteiger charge is -2.37. The smallest absolute Gasteiger partial charge is 0.260 e. The fraction of sp³-hybridized carbons (Fsp3) is 0.364. The predicted molar refractivity (Wildman–Crippen MR) is 124 cm³/mol. The van der Waals surface area contributed by atoms with Crippen LogP contribution in [0.1, 0.15) is 29.9 Å². The zero-order valence-corrected chi connectivity index (χ0v) is 18.9. The second-order valence-corrected chi connectivity index (χ2v) is 8.33. The number of nitrogens with one attached hydrogen (secondary N) is 2. The first kappa shape index (κ1) is 21.0. The Balaban J connectivity index is 1.50. The molecule has 0 aromatic carbocycles. The minimum Gasteiger partial charge on any atom is -0.478 e. The number of rotatable bonds is 4. The molecular formula is C22H25N9O2.